The zero-order valence-electron chi connectivity index (χ0n) is 14.6. The molecule has 0 saturated carbocycles. The average molecular weight is 351 g/mol. The number of aryl methyl sites for hydroxylation is 1. The molecule has 25 heavy (non-hydrogen) atoms. The predicted octanol–water partition coefficient (Wildman–Crippen LogP) is 1.00. The molecule has 1 aromatic carbocycles. The number of hydrazine groups is 1. The Labute approximate surface area is 147 Å². The SMILES string of the molecule is COC(=O)N1C[C@H](NCCCc2ccccc2)[C@@H](O)CN1C(=O)OC. The first kappa shape index (κ1) is 19.0. The van der Waals surface area contributed by atoms with E-state index in [1.807, 2.05) is 18.2 Å². The Hall–Kier alpha value is -2.32. The summed E-state index contributed by atoms with van der Waals surface area (Å²) in [4.78, 5) is 23.7. The smallest absolute Gasteiger partial charge is 0.428 e. The van der Waals surface area contributed by atoms with Crippen LogP contribution in [-0.2, 0) is 15.9 Å². The number of ether oxygens (including phenoxy) is 2. The van der Waals surface area contributed by atoms with Crippen LogP contribution in [0.5, 0.6) is 0 Å². The first-order chi connectivity index (χ1) is 12.1. The van der Waals surface area contributed by atoms with Gasteiger partial charge in [-0.3, -0.25) is 0 Å². The molecule has 8 heteroatoms. The molecule has 1 aliphatic rings. The van der Waals surface area contributed by atoms with Crippen molar-refractivity contribution < 1.29 is 24.2 Å². The lowest BCUT2D eigenvalue weighted by atomic mass is 10.1. The molecule has 2 atom stereocenters. The molecule has 1 aliphatic heterocycles. The summed E-state index contributed by atoms with van der Waals surface area (Å²) < 4.78 is 9.36. The van der Waals surface area contributed by atoms with E-state index in [9.17, 15) is 14.7 Å². The van der Waals surface area contributed by atoms with Crippen molar-refractivity contribution in [2.24, 2.45) is 0 Å². The number of aliphatic hydroxyl groups is 1. The van der Waals surface area contributed by atoms with Crippen LogP contribution in [0.1, 0.15) is 12.0 Å². The highest BCUT2D eigenvalue weighted by Gasteiger charge is 2.39. The molecular weight excluding hydrogens is 326 g/mol. The molecule has 1 heterocycles. The number of carbonyl (C=O) groups is 2. The van der Waals surface area contributed by atoms with Crippen LogP contribution < -0.4 is 5.32 Å². The van der Waals surface area contributed by atoms with Crippen LogP contribution in [0.15, 0.2) is 30.3 Å². The average Bonchev–Trinajstić information content (AvgIpc) is 2.65. The molecule has 0 unspecified atom stereocenters. The van der Waals surface area contributed by atoms with E-state index in [1.54, 1.807) is 0 Å². The zero-order valence-corrected chi connectivity index (χ0v) is 14.6. The van der Waals surface area contributed by atoms with Crippen LogP contribution in [0.4, 0.5) is 9.59 Å². The Bertz CT molecular complexity index is 569. The normalized spacial score (nSPS) is 20.3. The van der Waals surface area contributed by atoms with Crippen LogP contribution in [0.25, 0.3) is 0 Å². The fourth-order valence-electron chi connectivity index (χ4n) is 2.79. The third kappa shape index (κ3) is 5.07. The fraction of sp³-hybridized carbons (Fsp3) is 0.529. The number of carbonyl (C=O) groups excluding carboxylic acids is 2. The van der Waals surface area contributed by atoms with Gasteiger partial charge in [-0.2, -0.15) is 0 Å². The molecule has 0 radical (unpaired) electrons. The molecule has 138 valence electrons. The van der Waals surface area contributed by atoms with Gasteiger partial charge in [0.15, 0.2) is 0 Å². The van der Waals surface area contributed by atoms with Gasteiger partial charge in [0.25, 0.3) is 0 Å². The van der Waals surface area contributed by atoms with Crippen LogP contribution in [0.2, 0.25) is 0 Å². The number of hydrogen-bond acceptors (Lipinski definition) is 6. The molecule has 1 aromatic rings. The topological polar surface area (TPSA) is 91.3 Å². The van der Waals surface area contributed by atoms with Gasteiger partial charge in [-0.15, -0.1) is 0 Å². The number of aliphatic hydroxyl groups excluding tert-OH is 1. The van der Waals surface area contributed by atoms with E-state index in [1.165, 1.54) is 19.8 Å². The summed E-state index contributed by atoms with van der Waals surface area (Å²) in [6.07, 6.45) is -0.380. The van der Waals surface area contributed by atoms with E-state index in [0.29, 0.717) is 6.54 Å². The number of rotatable bonds is 5. The fourth-order valence-corrected chi connectivity index (χ4v) is 2.79. The van der Waals surface area contributed by atoms with E-state index >= 15 is 0 Å². The third-order valence-electron chi connectivity index (χ3n) is 4.15. The molecule has 2 rings (SSSR count). The summed E-state index contributed by atoms with van der Waals surface area (Å²) in [5.41, 5.74) is 1.25. The first-order valence-electron chi connectivity index (χ1n) is 8.23. The van der Waals surface area contributed by atoms with Gasteiger partial charge in [0, 0.05) is 0 Å². The van der Waals surface area contributed by atoms with Crippen molar-refractivity contribution in [2.75, 3.05) is 33.9 Å². The zero-order chi connectivity index (χ0) is 18.2. The number of benzene rings is 1. The van der Waals surface area contributed by atoms with Gasteiger partial charge in [-0.25, -0.2) is 19.6 Å². The second kappa shape index (κ2) is 9.24. The van der Waals surface area contributed by atoms with Crippen molar-refractivity contribution in [3.05, 3.63) is 35.9 Å². The number of amides is 2. The summed E-state index contributed by atoms with van der Waals surface area (Å²) in [5, 5.41) is 15.7. The Morgan fingerprint density at radius 3 is 2.32 bits per heavy atom. The van der Waals surface area contributed by atoms with Crippen LogP contribution in [-0.4, -0.2) is 73.3 Å². The Kier molecular flexibility index (Phi) is 7.03. The number of methoxy groups -OCH3 is 2. The van der Waals surface area contributed by atoms with Crippen molar-refractivity contribution in [3.8, 4) is 0 Å². The Morgan fingerprint density at radius 1 is 1.12 bits per heavy atom. The number of nitrogens with zero attached hydrogens (tertiary/aromatic N) is 2. The van der Waals surface area contributed by atoms with E-state index in [-0.39, 0.29) is 19.1 Å². The lowest BCUT2D eigenvalue weighted by molar-refractivity contribution is -0.0788. The predicted molar refractivity (Wildman–Crippen MR) is 90.8 cm³/mol. The van der Waals surface area contributed by atoms with Crippen molar-refractivity contribution >= 4 is 12.2 Å². The third-order valence-corrected chi connectivity index (χ3v) is 4.15. The van der Waals surface area contributed by atoms with Crippen molar-refractivity contribution in [2.45, 2.75) is 25.0 Å². The maximum absolute atomic E-state index is 11.9. The Morgan fingerprint density at radius 2 is 1.72 bits per heavy atom. The van der Waals surface area contributed by atoms with E-state index < -0.39 is 18.3 Å². The van der Waals surface area contributed by atoms with Crippen molar-refractivity contribution in [1.82, 2.24) is 15.3 Å². The van der Waals surface area contributed by atoms with Crippen molar-refractivity contribution in [1.29, 1.82) is 0 Å². The summed E-state index contributed by atoms with van der Waals surface area (Å²) in [6, 6.07) is 9.78. The minimum atomic E-state index is -0.809. The molecule has 0 aromatic heterocycles. The van der Waals surface area contributed by atoms with Gasteiger partial charge in [0.1, 0.15) is 0 Å². The molecule has 0 aliphatic carbocycles. The maximum atomic E-state index is 11.9. The van der Waals surface area contributed by atoms with E-state index in [4.69, 9.17) is 4.74 Å². The largest absolute Gasteiger partial charge is 0.452 e. The maximum Gasteiger partial charge on any atom is 0.428 e. The highest BCUT2D eigenvalue weighted by Crippen LogP contribution is 2.15. The van der Waals surface area contributed by atoms with Crippen LogP contribution in [0, 0.1) is 0 Å². The van der Waals surface area contributed by atoms with Gasteiger partial charge in [-0.05, 0) is 24.9 Å². The summed E-state index contributed by atoms with van der Waals surface area (Å²) in [5.74, 6) is 0. The summed E-state index contributed by atoms with van der Waals surface area (Å²) in [6.45, 7) is 0.760. The lowest BCUT2D eigenvalue weighted by Crippen LogP contribution is -2.65. The van der Waals surface area contributed by atoms with E-state index in [0.717, 1.165) is 22.9 Å². The highest BCUT2D eigenvalue weighted by molar-refractivity contribution is 5.74. The van der Waals surface area contributed by atoms with E-state index in [2.05, 4.69) is 22.2 Å². The molecule has 8 nitrogen and oxygen atoms in total. The molecule has 2 amide bonds. The number of nitrogens with one attached hydrogen (secondary N) is 1. The van der Waals surface area contributed by atoms with Gasteiger partial charge in [0.05, 0.1) is 39.5 Å². The van der Waals surface area contributed by atoms with Gasteiger partial charge < -0.3 is 19.9 Å². The summed E-state index contributed by atoms with van der Waals surface area (Å²) >= 11 is 0. The van der Waals surface area contributed by atoms with Crippen LogP contribution >= 0.6 is 0 Å². The molecule has 2 N–H and O–H groups in total. The number of β-amino-alcohol motifs (C(OH)–C–C–N with tert-alkyl or cyclic N) is 1. The van der Waals surface area contributed by atoms with Gasteiger partial charge >= 0.3 is 12.2 Å². The minimum Gasteiger partial charge on any atom is -0.452 e. The van der Waals surface area contributed by atoms with Crippen LogP contribution in [0.3, 0.4) is 0 Å². The summed E-state index contributed by atoms with van der Waals surface area (Å²) in [7, 11) is 2.46. The van der Waals surface area contributed by atoms with Gasteiger partial charge in [-0.1, -0.05) is 30.3 Å². The second-order valence-corrected chi connectivity index (χ2v) is 5.82. The quantitative estimate of drug-likeness (QED) is 0.769. The molecule has 0 spiro atoms. The second-order valence-electron chi connectivity index (χ2n) is 5.82. The number of hydrogen-bond donors (Lipinski definition) is 2. The molecule has 1 saturated heterocycles. The molecular formula is C17H25N3O5. The van der Waals surface area contributed by atoms with Gasteiger partial charge in [0.2, 0.25) is 0 Å². The Balaban J connectivity index is 1.88. The minimum absolute atomic E-state index is 0.0435. The standard InChI is InChI=1S/C17H25N3O5/c1-24-16(22)19-11-14(15(21)12-20(19)17(23)25-2)18-10-6-9-13-7-4-3-5-8-13/h3-5,7-8,14-15,18,21H,6,9-12H2,1-2H3/t14-,15-/m0/s1. The monoisotopic (exact) mass is 351 g/mol. The molecule has 0 bridgehead atoms. The lowest BCUT2D eigenvalue weighted by Gasteiger charge is -2.42. The first-order valence-corrected chi connectivity index (χ1v) is 8.23. The highest BCUT2D eigenvalue weighted by atomic mass is 16.6. The van der Waals surface area contributed by atoms with Crippen molar-refractivity contribution in [3.63, 3.8) is 0 Å². The molecule has 1 fully saturated rings.